The highest BCUT2D eigenvalue weighted by Gasteiger charge is 2.21. The first-order chi connectivity index (χ1) is 17.8. The summed E-state index contributed by atoms with van der Waals surface area (Å²) in [5, 5.41) is 28.7. The van der Waals surface area contributed by atoms with Crippen molar-refractivity contribution in [1.82, 2.24) is 9.61 Å². The molecule has 1 aliphatic rings. The van der Waals surface area contributed by atoms with Gasteiger partial charge in [0, 0.05) is 23.9 Å². The molecule has 2 aromatic heterocycles. The van der Waals surface area contributed by atoms with Gasteiger partial charge in [0.05, 0.1) is 33.7 Å². The summed E-state index contributed by atoms with van der Waals surface area (Å²) in [6, 6.07) is 9.37. The van der Waals surface area contributed by atoms with Gasteiger partial charge in [0.15, 0.2) is 11.5 Å². The number of nitrogens with one attached hydrogen (secondary N) is 1. The van der Waals surface area contributed by atoms with Crippen LogP contribution in [-0.4, -0.2) is 31.7 Å². The summed E-state index contributed by atoms with van der Waals surface area (Å²) in [7, 11) is 0. The Bertz CT molecular complexity index is 1490. The van der Waals surface area contributed by atoms with E-state index in [-0.39, 0.29) is 29.1 Å². The highest BCUT2D eigenvalue weighted by molar-refractivity contribution is 6.33. The summed E-state index contributed by atoms with van der Waals surface area (Å²) >= 11 is 6.24. The van der Waals surface area contributed by atoms with Crippen molar-refractivity contribution in [3.05, 3.63) is 70.8 Å². The normalized spacial score (nSPS) is 14.8. The molecular weight excluding hydrogens is 493 g/mol. The lowest BCUT2D eigenvalue weighted by Crippen LogP contribution is -2.25. The summed E-state index contributed by atoms with van der Waals surface area (Å²) in [5.41, 5.74) is 11.4. The molecule has 0 saturated heterocycles. The second kappa shape index (κ2) is 10.3. The molecule has 5 rings (SSSR count). The van der Waals surface area contributed by atoms with Gasteiger partial charge >= 0.3 is 0 Å². The van der Waals surface area contributed by atoms with Crippen LogP contribution in [0, 0.1) is 5.82 Å². The third-order valence-corrected chi connectivity index (χ3v) is 7.23. The Balaban J connectivity index is 1.66. The van der Waals surface area contributed by atoms with Crippen LogP contribution in [0.5, 0.6) is 11.5 Å². The van der Waals surface area contributed by atoms with Gasteiger partial charge in [-0.2, -0.15) is 5.10 Å². The fourth-order valence-electron chi connectivity index (χ4n) is 4.94. The van der Waals surface area contributed by atoms with Crippen LogP contribution >= 0.6 is 11.6 Å². The smallest absolute Gasteiger partial charge is 0.158 e. The maximum Gasteiger partial charge on any atom is 0.158 e. The molecule has 192 valence electrons. The summed E-state index contributed by atoms with van der Waals surface area (Å²) in [6.07, 6.45) is 9.80. The number of hydrogen-bond acceptors (Lipinski definition) is 5. The quantitative estimate of drug-likeness (QED) is 0.131. The molecule has 0 unspecified atom stereocenters. The van der Waals surface area contributed by atoms with Crippen molar-refractivity contribution < 1.29 is 14.6 Å². The second-order valence-electron chi connectivity index (χ2n) is 9.42. The Kier molecular flexibility index (Phi) is 6.93. The van der Waals surface area contributed by atoms with Gasteiger partial charge in [-0.25, -0.2) is 13.9 Å². The SMILES string of the molecule is CCc1cc(O)c(O)cc1-c1cc2c(NC3CCCCC3)c(C(N)=Nc3cc(F)ccc3Cl)cnn2c1. The monoisotopic (exact) mass is 521 g/mol. The number of anilines is 1. The number of hydrogen-bond donors (Lipinski definition) is 4. The van der Waals surface area contributed by atoms with Crippen LogP contribution in [0.4, 0.5) is 15.8 Å². The van der Waals surface area contributed by atoms with E-state index in [4.69, 9.17) is 17.3 Å². The molecule has 4 aromatic rings. The van der Waals surface area contributed by atoms with E-state index in [0.29, 0.717) is 17.0 Å². The van der Waals surface area contributed by atoms with E-state index in [1.54, 1.807) is 22.8 Å². The molecule has 0 radical (unpaired) electrons. The van der Waals surface area contributed by atoms with Gasteiger partial charge in [0.1, 0.15) is 11.7 Å². The summed E-state index contributed by atoms with van der Waals surface area (Å²) in [5.74, 6) is -0.616. The van der Waals surface area contributed by atoms with Gasteiger partial charge < -0.3 is 21.3 Å². The van der Waals surface area contributed by atoms with Crippen LogP contribution in [0.1, 0.15) is 50.2 Å². The number of nitrogens with zero attached hydrogens (tertiary/aromatic N) is 3. The first-order valence-corrected chi connectivity index (χ1v) is 12.8. The van der Waals surface area contributed by atoms with Gasteiger partial charge in [0.25, 0.3) is 0 Å². The largest absolute Gasteiger partial charge is 0.504 e. The molecule has 9 heteroatoms. The molecule has 0 aliphatic heterocycles. The van der Waals surface area contributed by atoms with Crippen molar-refractivity contribution in [2.75, 3.05) is 5.32 Å². The van der Waals surface area contributed by atoms with Crippen LogP contribution in [0.3, 0.4) is 0 Å². The van der Waals surface area contributed by atoms with Gasteiger partial charge in [-0.1, -0.05) is 37.8 Å². The van der Waals surface area contributed by atoms with E-state index < -0.39 is 5.82 Å². The lowest BCUT2D eigenvalue weighted by Gasteiger charge is -2.25. The zero-order chi connectivity index (χ0) is 26.1. The number of aromatic hydroxyl groups is 2. The van der Waals surface area contributed by atoms with Crippen molar-refractivity contribution in [1.29, 1.82) is 0 Å². The number of phenolic OH excluding ortho intramolecular Hbond substituents is 2. The molecule has 0 spiro atoms. The number of benzene rings is 2. The van der Waals surface area contributed by atoms with E-state index >= 15 is 0 Å². The van der Waals surface area contributed by atoms with Crippen LogP contribution in [0.25, 0.3) is 16.6 Å². The van der Waals surface area contributed by atoms with Gasteiger partial charge in [-0.3, -0.25) is 0 Å². The highest BCUT2D eigenvalue weighted by Crippen LogP contribution is 2.37. The fourth-order valence-corrected chi connectivity index (χ4v) is 5.10. The highest BCUT2D eigenvalue weighted by atomic mass is 35.5. The molecule has 0 amide bonds. The Hall–Kier alpha value is -3.78. The van der Waals surface area contributed by atoms with E-state index in [2.05, 4.69) is 15.4 Å². The lowest BCUT2D eigenvalue weighted by atomic mass is 9.95. The van der Waals surface area contributed by atoms with Crippen molar-refractivity contribution >= 4 is 34.3 Å². The number of amidine groups is 1. The zero-order valence-electron chi connectivity index (χ0n) is 20.5. The molecular formula is C28H29ClFN5O2. The number of aromatic nitrogens is 2. The van der Waals surface area contributed by atoms with Crippen LogP contribution in [0.2, 0.25) is 5.02 Å². The Morgan fingerprint density at radius 1 is 1.16 bits per heavy atom. The molecule has 37 heavy (non-hydrogen) atoms. The Labute approximate surface area is 219 Å². The Morgan fingerprint density at radius 3 is 2.68 bits per heavy atom. The number of aryl methyl sites for hydroxylation is 1. The lowest BCUT2D eigenvalue weighted by molar-refractivity contribution is 0.403. The maximum atomic E-state index is 13.8. The average Bonchev–Trinajstić information content (AvgIpc) is 3.33. The van der Waals surface area contributed by atoms with Crippen LogP contribution < -0.4 is 11.1 Å². The molecule has 5 N–H and O–H groups in total. The second-order valence-corrected chi connectivity index (χ2v) is 9.82. The van der Waals surface area contributed by atoms with E-state index in [9.17, 15) is 14.6 Å². The van der Waals surface area contributed by atoms with E-state index in [1.165, 1.54) is 24.6 Å². The number of phenols is 2. The molecule has 7 nitrogen and oxygen atoms in total. The van der Waals surface area contributed by atoms with Gasteiger partial charge in [-0.05, 0) is 60.7 Å². The standard InChI is InChI=1S/C28H29ClFN5O2/c1-2-16-11-25(36)26(37)13-20(16)17-10-24-27(33-19-6-4-3-5-7-19)21(14-32-35(24)15-17)28(31)34-23-12-18(30)8-9-22(23)29/h8-15,19,33,36-37H,2-7H2,1H3,(H2,31,34). The maximum absolute atomic E-state index is 13.8. The van der Waals surface area contributed by atoms with Crippen LogP contribution in [-0.2, 0) is 6.42 Å². The summed E-state index contributed by atoms with van der Waals surface area (Å²) < 4.78 is 15.6. The predicted octanol–water partition coefficient (Wildman–Crippen LogP) is 6.55. The minimum absolute atomic E-state index is 0.149. The zero-order valence-corrected chi connectivity index (χ0v) is 21.3. The molecule has 2 aromatic carbocycles. The van der Waals surface area contributed by atoms with Crippen molar-refractivity contribution in [2.24, 2.45) is 10.7 Å². The fraction of sp³-hybridized carbons (Fsp3) is 0.286. The first-order valence-electron chi connectivity index (χ1n) is 12.5. The minimum Gasteiger partial charge on any atom is -0.504 e. The average molecular weight is 522 g/mol. The van der Waals surface area contributed by atoms with Crippen molar-refractivity contribution in [3.63, 3.8) is 0 Å². The number of nitrogens with two attached hydrogens (primary N) is 1. The van der Waals surface area contributed by atoms with E-state index in [1.807, 2.05) is 19.2 Å². The third kappa shape index (κ3) is 5.06. The Morgan fingerprint density at radius 2 is 1.92 bits per heavy atom. The summed E-state index contributed by atoms with van der Waals surface area (Å²) in [4.78, 5) is 4.44. The molecule has 1 aliphatic carbocycles. The molecule has 0 atom stereocenters. The minimum atomic E-state index is -0.454. The number of fused-ring (bicyclic) bond motifs is 1. The van der Waals surface area contributed by atoms with Crippen LogP contribution in [0.15, 0.2) is 53.8 Å². The first kappa shape index (κ1) is 24.9. The number of halogens is 2. The summed E-state index contributed by atoms with van der Waals surface area (Å²) in [6.45, 7) is 1.99. The molecule has 1 saturated carbocycles. The molecule has 0 bridgehead atoms. The van der Waals surface area contributed by atoms with Gasteiger partial charge in [0.2, 0.25) is 0 Å². The number of aliphatic imine (C=N–C) groups is 1. The molecule has 1 fully saturated rings. The van der Waals surface area contributed by atoms with Gasteiger partial charge in [-0.15, -0.1) is 0 Å². The van der Waals surface area contributed by atoms with Crippen molar-refractivity contribution in [3.8, 4) is 22.6 Å². The predicted molar refractivity (Wildman–Crippen MR) is 146 cm³/mol. The van der Waals surface area contributed by atoms with Crippen molar-refractivity contribution in [2.45, 2.75) is 51.5 Å². The molecule has 2 heterocycles. The third-order valence-electron chi connectivity index (χ3n) is 6.91. The van der Waals surface area contributed by atoms with E-state index in [0.717, 1.165) is 53.6 Å². The topological polar surface area (TPSA) is 108 Å². The number of rotatable bonds is 6.